The van der Waals surface area contributed by atoms with Crippen LogP contribution in [-0.2, 0) is 4.79 Å². The van der Waals surface area contributed by atoms with E-state index in [4.69, 9.17) is 0 Å². The molecule has 1 saturated carbocycles. The molecule has 16 heavy (non-hydrogen) atoms. The molecule has 1 amide bonds. The molecule has 0 heterocycles. The number of hydrogen-bond acceptors (Lipinski definition) is 2. The molecule has 3 heteroatoms. The lowest BCUT2D eigenvalue weighted by atomic mass is 9.84. The van der Waals surface area contributed by atoms with Gasteiger partial charge in [-0.1, -0.05) is 33.1 Å². The molecule has 0 spiro atoms. The Morgan fingerprint density at radius 1 is 1.31 bits per heavy atom. The van der Waals surface area contributed by atoms with Gasteiger partial charge in [0, 0.05) is 19.0 Å². The van der Waals surface area contributed by atoms with Crippen molar-refractivity contribution in [3.8, 4) is 0 Å². The van der Waals surface area contributed by atoms with Gasteiger partial charge in [0.15, 0.2) is 0 Å². The molecule has 3 nitrogen and oxygen atoms in total. The van der Waals surface area contributed by atoms with Crippen LogP contribution in [0.2, 0.25) is 0 Å². The highest BCUT2D eigenvalue weighted by Crippen LogP contribution is 2.26. The number of nitrogens with one attached hydrogen (secondary N) is 2. The van der Waals surface area contributed by atoms with Crippen LogP contribution in [0.15, 0.2) is 0 Å². The third-order valence-corrected chi connectivity index (χ3v) is 3.50. The second-order valence-electron chi connectivity index (χ2n) is 4.81. The zero-order chi connectivity index (χ0) is 11.8. The predicted octanol–water partition coefficient (Wildman–Crippen LogP) is 2.07. The van der Waals surface area contributed by atoms with Gasteiger partial charge >= 0.3 is 0 Å². The Labute approximate surface area is 99.4 Å². The molecule has 1 rings (SSSR count). The standard InChI is InChI=1S/C13H26N2O/c1-3-11-6-5-7-12(10-11)15-13(16)8-9-14-4-2/h11-12,14H,3-10H2,1-2H3,(H,15,16). The maximum atomic E-state index is 11.6. The molecule has 0 saturated heterocycles. The molecule has 2 N–H and O–H groups in total. The lowest BCUT2D eigenvalue weighted by Gasteiger charge is -2.29. The minimum Gasteiger partial charge on any atom is -0.353 e. The summed E-state index contributed by atoms with van der Waals surface area (Å²) < 4.78 is 0. The van der Waals surface area contributed by atoms with Crippen molar-refractivity contribution in [2.24, 2.45) is 5.92 Å². The number of amides is 1. The quantitative estimate of drug-likeness (QED) is 0.681. The summed E-state index contributed by atoms with van der Waals surface area (Å²) in [7, 11) is 0. The first-order valence-electron chi connectivity index (χ1n) is 6.76. The molecule has 1 aliphatic carbocycles. The van der Waals surface area contributed by atoms with Crippen LogP contribution in [-0.4, -0.2) is 25.0 Å². The van der Waals surface area contributed by atoms with Crippen molar-refractivity contribution >= 4 is 5.91 Å². The van der Waals surface area contributed by atoms with Gasteiger partial charge in [0.25, 0.3) is 0 Å². The summed E-state index contributed by atoms with van der Waals surface area (Å²) >= 11 is 0. The maximum absolute atomic E-state index is 11.6. The summed E-state index contributed by atoms with van der Waals surface area (Å²) in [5.41, 5.74) is 0. The zero-order valence-corrected chi connectivity index (χ0v) is 10.7. The van der Waals surface area contributed by atoms with Gasteiger partial charge in [0.05, 0.1) is 0 Å². The summed E-state index contributed by atoms with van der Waals surface area (Å²) in [5.74, 6) is 1.04. The summed E-state index contributed by atoms with van der Waals surface area (Å²) in [6.07, 6.45) is 6.84. The van der Waals surface area contributed by atoms with Crippen molar-refractivity contribution < 1.29 is 4.79 Å². The average Bonchev–Trinajstić information content (AvgIpc) is 2.29. The molecule has 0 aliphatic heterocycles. The van der Waals surface area contributed by atoms with Crippen LogP contribution < -0.4 is 10.6 Å². The summed E-state index contributed by atoms with van der Waals surface area (Å²) in [6.45, 7) is 6.05. The van der Waals surface area contributed by atoms with Crippen molar-refractivity contribution in [3.05, 3.63) is 0 Å². The Hall–Kier alpha value is -0.570. The largest absolute Gasteiger partial charge is 0.353 e. The lowest BCUT2D eigenvalue weighted by molar-refractivity contribution is -0.122. The number of rotatable bonds is 6. The normalized spacial score (nSPS) is 25.4. The molecule has 1 fully saturated rings. The number of carbonyl (C=O) groups excluding carboxylic acids is 1. The SMILES string of the molecule is CCNCCC(=O)NC1CCCC(CC)C1. The molecule has 0 aromatic rings. The van der Waals surface area contributed by atoms with Crippen LogP contribution in [0, 0.1) is 5.92 Å². The highest BCUT2D eigenvalue weighted by Gasteiger charge is 2.21. The highest BCUT2D eigenvalue weighted by atomic mass is 16.1. The third-order valence-electron chi connectivity index (χ3n) is 3.50. The minimum absolute atomic E-state index is 0.211. The van der Waals surface area contributed by atoms with E-state index in [0.717, 1.165) is 19.0 Å². The van der Waals surface area contributed by atoms with E-state index in [1.807, 2.05) is 0 Å². The molecule has 94 valence electrons. The Morgan fingerprint density at radius 3 is 2.81 bits per heavy atom. The van der Waals surface area contributed by atoms with E-state index in [1.165, 1.54) is 32.1 Å². The van der Waals surface area contributed by atoms with Gasteiger partial charge in [-0.3, -0.25) is 4.79 Å². The molecular formula is C13H26N2O. The van der Waals surface area contributed by atoms with Crippen molar-refractivity contribution in [2.45, 2.75) is 58.4 Å². The Bertz CT molecular complexity index is 206. The minimum atomic E-state index is 0.211. The Morgan fingerprint density at radius 2 is 2.12 bits per heavy atom. The van der Waals surface area contributed by atoms with Gasteiger partial charge in [-0.25, -0.2) is 0 Å². The second-order valence-corrected chi connectivity index (χ2v) is 4.81. The molecule has 2 unspecified atom stereocenters. The van der Waals surface area contributed by atoms with Crippen molar-refractivity contribution in [3.63, 3.8) is 0 Å². The molecule has 1 aliphatic rings. The average molecular weight is 226 g/mol. The first-order chi connectivity index (χ1) is 7.76. The fraction of sp³-hybridized carbons (Fsp3) is 0.923. The topological polar surface area (TPSA) is 41.1 Å². The van der Waals surface area contributed by atoms with Crippen molar-refractivity contribution in [1.82, 2.24) is 10.6 Å². The van der Waals surface area contributed by atoms with Crippen LogP contribution in [0.4, 0.5) is 0 Å². The first-order valence-corrected chi connectivity index (χ1v) is 6.76. The summed E-state index contributed by atoms with van der Waals surface area (Å²) in [4.78, 5) is 11.6. The van der Waals surface area contributed by atoms with Gasteiger partial charge in [0.2, 0.25) is 5.91 Å². The molecule has 0 radical (unpaired) electrons. The van der Waals surface area contributed by atoms with Crippen LogP contribution in [0.25, 0.3) is 0 Å². The van der Waals surface area contributed by atoms with Crippen LogP contribution in [0.1, 0.15) is 52.4 Å². The summed E-state index contributed by atoms with van der Waals surface area (Å²) in [6, 6.07) is 0.438. The molecule has 2 atom stereocenters. The highest BCUT2D eigenvalue weighted by molar-refractivity contribution is 5.76. The Balaban J connectivity index is 2.17. The van der Waals surface area contributed by atoms with E-state index in [-0.39, 0.29) is 5.91 Å². The smallest absolute Gasteiger partial charge is 0.221 e. The van der Waals surface area contributed by atoms with E-state index in [2.05, 4.69) is 24.5 Å². The monoisotopic (exact) mass is 226 g/mol. The van der Waals surface area contributed by atoms with Crippen LogP contribution >= 0.6 is 0 Å². The van der Waals surface area contributed by atoms with Gasteiger partial charge < -0.3 is 10.6 Å². The number of carbonyl (C=O) groups is 1. The molecule has 0 aromatic carbocycles. The van der Waals surface area contributed by atoms with E-state index < -0.39 is 0 Å². The first kappa shape index (κ1) is 13.5. The fourth-order valence-corrected chi connectivity index (χ4v) is 2.47. The summed E-state index contributed by atoms with van der Waals surface area (Å²) in [5, 5.41) is 6.34. The van der Waals surface area contributed by atoms with Gasteiger partial charge in [-0.05, 0) is 25.3 Å². The van der Waals surface area contributed by atoms with Gasteiger partial charge in [-0.15, -0.1) is 0 Å². The molecule has 0 aromatic heterocycles. The lowest BCUT2D eigenvalue weighted by Crippen LogP contribution is -2.39. The van der Waals surface area contributed by atoms with Crippen LogP contribution in [0.5, 0.6) is 0 Å². The van der Waals surface area contributed by atoms with E-state index in [1.54, 1.807) is 0 Å². The van der Waals surface area contributed by atoms with Crippen LogP contribution in [0.3, 0.4) is 0 Å². The van der Waals surface area contributed by atoms with Gasteiger partial charge in [0.1, 0.15) is 0 Å². The van der Waals surface area contributed by atoms with E-state index in [0.29, 0.717) is 12.5 Å². The molecule has 0 bridgehead atoms. The molecular weight excluding hydrogens is 200 g/mol. The predicted molar refractivity (Wildman–Crippen MR) is 67.3 cm³/mol. The Kier molecular flexibility index (Phi) is 6.46. The van der Waals surface area contributed by atoms with Crippen molar-refractivity contribution in [1.29, 1.82) is 0 Å². The van der Waals surface area contributed by atoms with E-state index in [9.17, 15) is 4.79 Å². The number of hydrogen-bond donors (Lipinski definition) is 2. The maximum Gasteiger partial charge on any atom is 0.221 e. The van der Waals surface area contributed by atoms with Gasteiger partial charge in [-0.2, -0.15) is 0 Å². The van der Waals surface area contributed by atoms with Crippen molar-refractivity contribution in [2.75, 3.05) is 13.1 Å². The fourth-order valence-electron chi connectivity index (χ4n) is 2.47. The third kappa shape index (κ3) is 4.97. The second kappa shape index (κ2) is 7.66. The van der Waals surface area contributed by atoms with E-state index >= 15 is 0 Å². The zero-order valence-electron chi connectivity index (χ0n) is 10.7.